The smallest absolute Gasteiger partial charge is 0.228 e. The summed E-state index contributed by atoms with van der Waals surface area (Å²) in [4.78, 5) is 72.6. The van der Waals surface area contributed by atoms with Crippen LogP contribution in [0.2, 0.25) is 0 Å². The lowest BCUT2D eigenvalue weighted by molar-refractivity contribution is 1.16. The lowest BCUT2D eigenvalue weighted by Gasteiger charge is -2.00. The molecule has 14 aromatic heterocycles. The van der Waals surface area contributed by atoms with Crippen molar-refractivity contribution in [3.63, 3.8) is 0 Å². The van der Waals surface area contributed by atoms with Gasteiger partial charge in [-0.05, 0) is 103 Å². The molecule has 0 bridgehead atoms. The molecule has 0 radical (unpaired) electrons. The molecule has 528 valence electrons. The molecule has 0 atom stereocenters. The zero-order valence-corrected chi connectivity index (χ0v) is 61.7. The first kappa shape index (κ1) is 72.8. The van der Waals surface area contributed by atoms with Gasteiger partial charge in [0, 0.05) is 135 Å². The van der Waals surface area contributed by atoms with Crippen LogP contribution in [0.15, 0.2) is 331 Å². The zero-order valence-electron chi connectivity index (χ0n) is 56.8. The molecule has 0 fully saturated rings. The van der Waals surface area contributed by atoms with E-state index < -0.39 is 0 Å². The second-order valence-corrected chi connectivity index (χ2v) is 26.9. The number of hydrogen-bond donors (Lipinski definition) is 6. The molecule has 18 rings (SSSR count). The highest BCUT2D eigenvalue weighted by atomic mass is 32.1. The number of pyridine rings is 5. The SMILES string of the molecule is c1ccc(-c2csc(Nc3ncccn3)n2)cc1.c1ccc(-c2csc(Nc3ncccn3)n2)nc1.c1ccc(Nc2nc(-c3ccccc3)cs2)cc1.c1ccc(Nc2nc(-c3ccccn3)cs2)cc1.c1ccc(Nc2nc(-c3ccccn3)cs2)nc1.c1cnc(Nc2nc(-c3cccnc3)cs2)nc1. The van der Waals surface area contributed by atoms with Gasteiger partial charge in [-0.1, -0.05) is 121 Å². The van der Waals surface area contributed by atoms with Crippen molar-refractivity contribution in [1.82, 2.24) is 84.7 Å². The Labute approximate surface area is 644 Å². The van der Waals surface area contributed by atoms with Gasteiger partial charge in [-0.2, -0.15) is 0 Å². The molecule has 23 nitrogen and oxygen atoms in total. The van der Waals surface area contributed by atoms with Crippen LogP contribution >= 0.6 is 68.0 Å². The summed E-state index contributed by atoms with van der Waals surface area (Å²) >= 11 is 9.27. The minimum atomic E-state index is 0.541. The number of nitrogens with zero attached hydrogens (tertiary/aromatic N) is 17. The normalized spacial score (nSPS) is 10.2. The maximum Gasteiger partial charge on any atom is 0.228 e. The van der Waals surface area contributed by atoms with Crippen LogP contribution in [-0.2, 0) is 0 Å². The third kappa shape index (κ3) is 22.7. The van der Waals surface area contributed by atoms with Crippen LogP contribution in [0.3, 0.4) is 0 Å². The monoisotopic (exact) mass is 1520 g/mol. The van der Waals surface area contributed by atoms with Gasteiger partial charge in [-0.15, -0.1) is 68.0 Å². The molecule has 14 heterocycles. The van der Waals surface area contributed by atoms with Crippen molar-refractivity contribution in [2.75, 3.05) is 31.9 Å². The fourth-order valence-electron chi connectivity index (χ4n) is 9.23. The van der Waals surface area contributed by atoms with Gasteiger partial charge in [-0.25, -0.2) is 64.8 Å². The molecular formula is C79H61N23S6. The predicted molar refractivity (Wildman–Crippen MR) is 439 cm³/mol. The van der Waals surface area contributed by atoms with E-state index in [1.54, 1.807) is 115 Å². The minimum absolute atomic E-state index is 0.541. The van der Waals surface area contributed by atoms with Gasteiger partial charge in [0.1, 0.15) is 22.9 Å². The van der Waals surface area contributed by atoms with Crippen LogP contribution in [0, 0.1) is 0 Å². The van der Waals surface area contributed by atoms with E-state index >= 15 is 0 Å². The van der Waals surface area contributed by atoms with Crippen molar-refractivity contribution in [3.8, 4) is 67.9 Å². The van der Waals surface area contributed by atoms with Crippen molar-refractivity contribution < 1.29 is 0 Å². The first-order chi connectivity index (χ1) is 53.5. The molecule has 108 heavy (non-hydrogen) atoms. The summed E-state index contributed by atoms with van der Waals surface area (Å²) in [6, 6.07) is 72.7. The standard InChI is InChI=1S/C15H12N2S.C14H11N3S.2C13H10N4S.2C12H9N5S/c1-3-7-12(8-4-1)14-11-18-15(17-14)16-13-9-5-2-6-10-13;1-2-6-11(7-3-1)16-14-17-13(10-18-14)12-8-4-5-9-15-12;1-3-7-14-10(5-1)11-9-18-13(16-11)17-12-6-2-4-8-15-12;1-2-5-10(6-3-1)11-9-18-13(16-11)17-12-14-7-4-8-15-12;1-3-9(7-13-4-1)10-8-18-12(16-10)17-11-14-5-2-6-15-11;1-2-5-13-9(4-1)10-8-18-12(16-10)17-11-14-6-3-7-15-11/h1-11H,(H,16,17);1-10H,(H,16,17);1-9H,(H,15,16,17);1-9H,(H,14,15,16,17);2*1-8H,(H,14,15,16,17). The van der Waals surface area contributed by atoms with Gasteiger partial charge < -0.3 is 31.9 Å². The molecule has 0 spiro atoms. The van der Waals surface area contributed by atoms with Gasteiger partial charge in [0.15, 0.2) is 30.8 Å². The van der Waals surface area contributed by atoms with E-state index in [9.17, 15) is 0 Å². The molecule has 29 heteroatoms. The third-order valence-corrected chi connectivity index (χ3v) is 18.8. The highest BCUT2D eigenvalue weighted by molar-refractivity contribution is 7.15. The Bertz CT molecular complexity index is 4620. The van der Waals surface area contributed by atoms with E-state index in [1.165, 1.54) is 45.3 Å². The summed E-state index contributed by atoms with van der Waals surface area (Å²) in [6.07, 6.45) is 20.7. The average molecular weight is 1520 g/mol. The maximum atomic E-state index is 4.58. The molecular weight excluding hydrogens is 1460 g/mol. The molecule has 0 aliphatic heterocycles. The van der Waals surface area contributed by atoms with Crippen molar-refractivity contribution in [2.24, 2.45) is 0 Å². The molecule has 6 N–H and O–H groups in total. The summed E-state index contributed by atoms with van der Waals surface area (Å²) in [5.74, 6) is 2.44. The van der Waals surface area contributed by atoms with E-state index in [-0.39, 0.29) is 0 Å². The van der Waals surface area contributed by atoms with Crippen LogP contribution < -0.4 is 31.9 Å². The first-order valence-electron chi connectivity index (χ1n) is 32.9. The zero-order chi connectivity index (χ0) is 73.3. The number of nitrogens with one attached hydrogen (secondary N) is 6. The summed E-state index contributed by atoms with van der Waals surface area (Å²) in [7, 11) is 0. The van der Waals surface area contributed by atoms with Gasteiger partial charge in [0.05, 0.1) is 34.2 Å². The fraction of sp³-hybridized carbons (Fsp3) is 0. The fourth-order valence-corrected chi connectivity index (χ4v) is 13.5. The van der Waals surface area contributed by atoms with Crippen LogP contribution in [-0.4, -0.2) is 84.7 Å². The maximum absolute atomic E-state index is 4.58. The number of rotatable bonds is 18. The lowest BCUT2D eigenvalue weighted by atomic mass is 10.2. The van der Waals surface area contributed by atoms with Crippen molar-refractivity contribution in [2.45, 2.75) is 0 Å². The van der Waals surface area contributed by atoms with E-state index in [0.717, 1.165) is 116 Å². The van der Waals surface area contributed by atoms with Gasteiger partial charge in [-0.3, -0.25) is 19.9 Å². The van der Waals surface area contributed by atoms with E-state index in [1.807, 2.05) is 221 Å². The Morgan fingerprint density at radius 2 is 0.481 bits per heavy atom. The summed E-state index contributed by atoms with van der Waals surface area (Å²) < 4.78 is 0. The van der Waals surface area contributed by atoms with Gasteiger partial charge >= 0.3 is 0 Å². The van der Waals surface area contributed by atoms with Crippen LogP contribution in [0.5, 0.6) is 0 Å². The number of aromatic nitrogens is 17. The highest BCUT2D eigenvalue weighted by Gasteiger charge is 2.12. The van der Waals surface area contributed by atoms with E-state index in [0.29, 0.717) is 17.8 Å². The van der Waals surface area contributed by atoms with E-state index in [2.05, 4.69) is 134 Å². The van der Waals surface area contributed by atoms with Crippen LogP contribution in [0.1, 0.15) is 0 Å². The molecule has 0 amide bonds. The molecule has 18 aromatic rings. The lowest BCUT2D eigenvalue weighted by Crippen LogP contribution is -1.95. The van der Waals surface area contributed by atoms with Crippen molar-refractivity contribution in [1.29, 1.82) is 0 Å². The molecule has 0 saturated carbocycles. The van der Waals surface area contributed by atoms with Crippen LogP contribution in [0.25, 0.3) is 67.9 Å². The number of hydrogen-bond acceptors (Lipinski definition) is 29. The third-order valence-electron chi connectivity index (χ3n) is 14.2. The minimum Gasteiger partial charge on any atom is -0.332 e. The van der Waals surface area contributed by atoms with E-state index in [4.69, 9.17) is 0 Å². The van der Waals surface area contributed by atoms with Crippen molar-refractivity contribution in [3.05, 3.63) is 331 Å². The summed E-state index contributed by atoms with van der Waals surface area (Å²) in [6.45, 7) is 0. The molecule has 0 saturated heterocycles. The Morgan fingerprint density at radius 3 is 0.815 bits per heavy atom. The first-order valence-corrected chi connectivity index (χ1v) is 38.2. The topological polar surface area (TPSA) is 291 Å². The van der Waals surface area contributed by atoms with Gasteiger partial charge in [0.2, 0.25) is 17.8 Å². The Balaban J connectivity index is 0.000000114. The second-order valence-electron chi connectivity index (χ2n) is 21.8. The molecule has 4 aromatic carbocycles. The Hall–Kier alpha value is -13.6. The summed E-state index contributed by atoms with van der Waals surface area (Å²) in [5, 5.41) is 35.8. The predicted octanol–water partition coefficient (Wildman–Crippen LogP) is 20.7. The van der Waals surface area contributed by atoms with Crippen LogP contribution in [0.4, 0.5) is 65.8 Å². The quantitative estimate of drug-likeness (QED) is 0.0465. The highest BCUT2D eigenvalue weighted by Crippen LogP contribution is 2.32. The van der Waals surface area contributed by atoms with Gasteiger partial charge in [0.25, 0.3) is 0 Å². The number of thiazole rings is 6. The Kier molecular flexibility index (Phi) is 26.5. The number of anilines is 12. The molecule has 0 unspecified atom stereocenters. The summed E-state index contributed by atoms with van der Waals surface area (Å²) in [5.41, 5.74) is 13.5. The molecule has 0 aliphatic rings. The number of para-hydroxylation sites is 2. The van der Waals surface area contributed by atoms with Crippen molar-refractivity contribution >= 4 is 134 Å². The second kappa shape index (κ2) is 39.4. The largest absolute Gasteiger partial charge is 0.332 e. The average Bonchev–Trinajstić information content (AvgIpc) is 1.75. The Morgan fingerprint density at radius 1 is 0.194 bits per heavy atom. The number of benzene rings is 4. The molecule has 0 aliphatic carbocycles.